The minimum Gasteiger partial charge on any atom is -0.494 e. The Kier molecular flexibility index (Phi) is 9.39. The van der Waals surface area contributed by atoms with Gasteiger partial charge >= 0.3 is 0 Å². The van der Waals surface area contributed by atoms with Crippen molar-refractivity contribution in [2.24, 2.45) is 0 Å². The predicted molar refractivity (Wildman–Crippen MR) is 120 cm³/mol. The number of nitrogens with one attached hydrogen (secondary N) is 1. The lowest BCUT2D eigenvalue weighted by atomic mass is 10.1. The summed E-state index contributed by atoms with van der Waals surface area (Å²) in [6, 6.07) is 17.2. The molecule has 2 atom stereocenters. The summed E-state index contributed by atoms with van der Waals surface area (Å²) in [4.78, 5) is 27.3. The van der Waals surface area contributed by atoms with Crippen molar-refractivity contribution in [1.82, 2.24) is 10.2 Å². The second-order valence-corrected chi connectivity index (χ2v) is 7.77. The minimum atomic E-state index is -0.537. The van der Waals surface area contributed by atoms with E-state index in [-0.39, 0.29) is 17.9 Å². The maximum atomic E-state index is 13.0. The molecule has 0 aliphatic carbocycles. The number of hydrogen-bond donors (Lipinski definition) is 1. The van der Waals surface area contributed by atoms with Gasteiger partial charge < -0.3 is 15.0 Å². The van der Waals surface area contributed by atoms with Crippen LogP contribution in [0.1, 0.15) is 51.2 Å². The number of hydrogen-bond acceptors (Lipinski definition) is 3. The van der Waals surface area contributed by atoms with Gasteiger partial charge in [-0.3, -0.25) is 9.59 Å². The van der Waals surface area contributed by atoms with Gasteiger partial charge in [-0.2, -0.15) is 0 Å². The Labute approximate surface area is 180 Å². The molecule has 2 rings (SSSR count). The van der Waals surface area contributed by atoms with E-state index in [4.69, 9.17) is 4.74 Å². The topological polar surface area (TPSA) is 58.6 Å². The van der Waals surface area contributed by atoms with Crippen molar-refractivity contribution in [2.75, 3.05) is 6.61 Å². The van der Waals surface area contributed by atoms with E-state index in [1.54, 1.807) is 11.8 Å². The molecule has 0 aliphatic heterocycles. The molecule has 0 heterocycles. The molecule has 2 aromatic carbocycles. The van der Waals surface area contributed by atoms with E-state index in [0.29, 0.717) is 26.0 Å². The summed E-state index contributed by atoms with van der Waals surface area (Å²) in [6.45, 7) is 8.69. The van der Waals surface area contributed by atoms with Gasteiger partial charge in [0.15, 0.2) is 0 Å². The maximum Gasteiger partial charge on any atom is 0.242 e. The van der Waals surface area contributed by atoms with Crippen LogP contribution in [0.15, 0.2) is 54.6 Å². The Balaban J connectivity index is 1.96. The van der Waals surface area contributed by atoms with Crippen LogP contribution in [0.2, 0.25) is 0 Å². The number of nitrogens with zero attached hydrogens (tertiary/aromatic N) is 1. The maximum absolute atomic E-state index is 13.0. The average molecular weight is 411 g/mol. The number of ether oxygens (including phenoxy) is 1. The van der Waals surface area contributed by atoms with Crippen LogP contribution in [0.4, 0.5) is 0 Å². The molecule has 0 fully saturated rings. The fourth-order valence-corrected chi connectivity index (χ4v) is 3.02. The summed E-state index contributed by atoms with van der Waals surface area (Å²) in [5, 5.41) is 2.99. The molecule has 2 amide bonds. The van der Waals surface area contributed by atoms with E-state index in [1.165, 1.54) is 5.56 Å². The van der Waals surface area contributed by atoms with Gasteiger partial charge in [0.2, 0.25) is 11.8 Å². The largest absolute Gasteiger partial charge is 0.494 e. The lowest BCUT2D eigenvalue weighted by Gasteiger charge is -2.29. The summed E-state index contributed by atoms with van der Waals surface area (Å²) in [5.41, 5.74) is 2.18. The minimum absolute atomic E-state index is 0.0434. The highest BCUT2D eigenvalue weighted by atomic mass is 16.5. The molecule has 5 heteroatoms. The predicted octanol–water partition coefficient (Wildman–Crippen LogP) is 4.49. The van der Waals surface area contributed by atoms with Gasteiger partial charge in [0.1, 0.15) is 11.8 Å². The smallest absolute Gasteiger partial charge is 0.242 e. The Morgan fingerprint density at radius 1 is 1.03 bits per heavy atom. The van der Waals surface area contributed by atoms with Crippen molar-refractivity contribution in [3.8, 4) is 5.75 Å². The molecule has 0 saturated heterocycles. The highest BCUT2D eigenvalue weighted by Gasteiger charge is 2.26. The van der Waals surface area contributed by atoms with E-state index in [2.05, 4.69) is 5.32 Å². The molecule has 5 nitrogen and oxygen atoms in total. The number of rotatable bonds is 11. The number of benzene rings is 2. The highest BCUT2D eigenvalue weighted by molar-refractivity contribution is 5.87. The van der Waals surface area contributed by atoms with Gasteiger partial charge in [0.25, 0.3) is 0 Å². The van der Waals surface area contributed by atoms with Crippen molar-refractivity contribution < 1.29 is 14.3 Å². The zero-order valence-corrected chi connectivity index (χ0v) is 18.6. The van der Waals surface area contributed by atoms with Crippen LogP contribution in [0, 0.1) is 6.92 Å². The van der Waals surface area contributed by atoms with Crippen LogP contribution < -0.4 is 10.1 Å². The Bertz CT molecular complexity index is 790. The normalized spacial score (nSPS) is 12.7. The van der Waals surface area contributed by atoms with E-state index in [0.717, 1.165) is 17.7 Å². The fraction of sp³-hybridized carbons (Fsp3) is 0.440. The monoisotopic (exact) mass is 410 g/mol. The number of carbonyl (C=O) groups is 2. The van der Waals surface area contributed by atoms with Crippen molar-refractivity contribution in [2.45, 2.75) is 65.6 Å². The van der Waals surface area contributed by atoms with E-state index in [1.807, 2.05) is 75.4 Å². The van der Waals surface area contributed by atoms with Crippen LogP contribution >= 0.6 is 0 Å². The number of amides is 2. The zero-order valence-electron chi connectivity index (χ0n) is 18.6. The quantitative estimate of drug-likeness (QED) is 0.556. The van der Waals surface area contributed by atoms with Gasteiger partial charge in [-0.1, -0.05) is 55.0 Å². The standard InChI is InChI=1S/C25H34N2O3/c1-5-20(3)26-25(29)21(4)27(18-22-10-7-6-8-11-22)24(28)12-9-17-30-23-15-13-19(2)14-16-23/h6-8,10-11,13-16,20-21H,5,9,12,17-18H2,1-4H3,(H,26,29)/t20-,21+/m0/s1. The van der Waals surface area contributed by atoms with Crippen LogP contribution in [0.5, 0.6) is 5.75 Å². The molecular weight excluding hydrogens is 376 g/mol. The summed E-state index contributed by atoms with van der Waals surface area (Å²) in [7, 11) is 0. The first-order chi connectivity index (χ1) is 14.4. The van der Waals surface area contributed by atoms with Gasteiger partial charge in [0.05, 0.1) is 6.61 Å². The van der Waals surface area contributed by atoms with Crippen LogP contribution in [0.25, 0.3) is 0 Å². The highest BCUT2D eigenvalue weighted by Crippen LogP contribution is 2.14. The third kappa shape index (κ3) is 7.54. The first-order valence-electron chi connectivity index (χ1n) is 10.7. The SMILES string of the molecule is CC[C@H](C)NC(=O)[C@@H](C)N(Cc1ccccc1)C(=O)CCCOc1ccc(C)cc1. The Morgan fingerprint density at radius 2 is 1.70 bits per heavy atom. The van der Waals surface area contributed by atoms with Crippen molar-refractivity contribution >= 4 is 11.8 Å². The lowest BCUT2D eigenvalue weighted by molar-refractivity contribution is -0.141. The van der Waals surface area contributed by atoms with Crippen molar-refractivity contribution in [3.63, 3.8) is 0 Å². The molecular formula is C25H34N2O3. The van der Waals surface area contributed by atoms with Crippen LogP contribution in [0.3, 0.4) is 0 Å². The molecule has 2 aromatic rings. The molecule has 162 valence electrons. The molecule has 0 radical (unpaired) electrons. The van der Waals surface area contributed by atoms with Crippen LogP contribution in [-0.4, -0.2) is 35.4 Å². The molecule has 0 spiro atoms. The third-order valence-corrected chi connectivity index (χ3v) is 5.19. The van der Waals surface area contributed by atoms with Gasteiger partial charge in [-0.05, 0) is 51.3 Å². The van der Waals surface area contributed by atoms with E-state index < -0.39 is 6.04 Å². The molecule has 0 aliphatic rings. The first kappa shape index (κ1) is 23.5. The number of aryl methyl sites for hydroxylation is 1. The lowest BCUT2D eigenvalue weighted by Crippen LogP contribution is -2.49. The van der Waals surface area contributed by atoms with Crippen molar-refractivity contribution in [3.05, 3.63) is 65.7 Å². The molecule has 1 N–H and O–H groups in total. The average Bonchev–Trinajstić information content (AvgIpc) is 2.76. The summed E-state index contributed by atoms with van der Waals surface area (Å²) < 4.78 is 5.73. The summed E-state index contributed by atoms with van der Waals surface area (Å²) in [6.07, 6.45) is 1.78. The summed E-state index contributed by atoms with van der Waals surface area (Å²) >= 11 is 0. The zero-order chi connectivity index (χ0) is 21.9. The Morgan fingerprint density at radius 3 is 2.33 bits per heavy atom. The Hall–Kier alpha value is -2.82. The molecule has 0 bridgehead atoms. The molecule has 30 heavy (non-hydrogen) atoms. The van der Waals surface area contributed by atoms with Gasteiger partial charge in [-0.15, -0.1) is 0 Å². The fourth-order valence-electron chi connectivity index (χ4n) is 3.02. The molecule has 0 saturated carbocycles. The molecule has 0 unspecified atom stereocenters. The van der Waals surface area contributed by atoms with E-state index in [9.17, 15) is 9.59 Å². The van der Waals surface area contributed by atoms with E-state index >= 15 is 0 Å². The van der Waals surface area contributed by atoms with Gasteiger partial charge in [-0.25, -0.2) is 0 Å². The van der Waals surface area contributed by atoms with Gasteiger partial charge in [0, 0.05) is 19.0 Å². The second kappa shape index (κ2) is 12.0. The molecule has 0 aromatic heterocycles. The third-order valence-electron chi connectivity index (χ3n) is 5.19. The van der Waals surface area contributed by atoms with Crippen LogP contribution in [-0.2, 0) is 16.1 Å². The number of carbonyl (C=O) groups excluding carboxylic acids is 2. The summed E-state index contributed by atoms with van der Waals surface area (Å²) in [5.74, 6) is 0.637. The second-order valence-electron chi connectivity index (χ2n) is 7.77. The first-order valence-corrected chi connectivity index (χ1v) is 10.7. The van der Waals surface area contributed by atoms with Crippen molar-refractivity contribution in [1.29, 1.82) is 0 Å².